The first-order valence-corrected chi connectivity index (χ1v) is 8.39. The molecule has 1 N–H and O–H groups in total. The Hall–Kier alpha value is -1.76. The van der Waals surface area contributed by atoms with Crippen LogP contribution in [0.25, 0.3) is 0 Å². The van der Waals surface area contributed by atoms with E-state index >= 15 is 0 Å². The average Bonchev–Trinajstić information content (AvgIpc) is 2.55. The number of nitrogens with one attached hydrogen (secondary N) is 1. The normalized spacial score (nSPS) is 15.8. The van der Waals surface area contributed by atoms with Crippen molar-refractivity contribution in [3.8, 4) is 0 Å². The van der Waals surface area contributed by atoms with Gasteiger partial charge in [-0.2, -0.15) is 13.2 Å². The summed E-state index contributed by atoms with van der Waals surface area (Å²) in [5.74, 6) is -1.16. The van der Waals surface area contributed by atoms with E-state index in [0.717, 1.165) is 31.4 Å². The largest absolute Gasteiger partial charge is 0.418 e. The van der Waals surface area contributed by atoms with Gasteiger partial charge in [0.05, 0.1) is 11.3 Å². The minimum Gasteiger partial charge on any atom is -0.342 e. The van der Waals surface area contributed by atoms with Crippen molar-refractivity contribution in [2.45, 2.75) is 39.3 Å². The number of carbonyl (C=O) groups is 2. The van der Waals surface area contributed by atoms with Crippen molar-refractivity contribution in [3.05, 3.63) is 28.8 Å². The minimum atomic E-state index is -4.67. The van der Waals surface area contributed by atoms with E-state index in [1.165, 1.54) is 19.9 Å². The number of likely N-dealkylation sites (tertiary alicyclic amines) is 1. The quantitative estimate of drug-likeness (QED) is 0.798. The number of halogens is 4. The molecule has 1 saturated heterocycles. The molecule has 0 aliphatic carbocycles. The third-order valence-electron chi connectivity index (χ3n) is 4.28. The Morgan fingerprint density at radius 2 is 1.72 bits per heavy atom. The first kappa shape index (κ1) is 19.6. The number of alkyl halides is 3. The van der Waals surface area contributed by atoms with Crippen LogP contribution in [0, 0.1) is 5.41 Å². The maximum Gasteiger partial charge on any atom is 0.418 e. The molecule has 1 aromatic rings. The maximum atomic E-state index is 13.1. The van der Waals surface area contributed by atoms with Crippen molar-refractivity contribution >= 4 is 29.1 Å². The summed E-state index contributed by atoms with van der Waals surface area (Å²) in [5.41, 5.74) is -2.93. The number of hydrogen-bond donors (Lipinski definition) is 1. The van der Waals surface area contributed by atoms with E-state index in [1.807, 2.05) is 0 Å². The number of carbonyl (C=O) groups excluding carboxylic acids is 2. The van der Waals surface area contributed by atoms with E-state index < -0.39 is 28.7 Å². The molecule has 0 atom stereocenters. The van der Waals surface area contributed by atoms with E-state index in [1.54, 1.807) is 4.90 Å². The molecule has 2 rings (SSSR count). The average molecular weight is 377 g/mol. The molecule has 1 aliphatic rings. The van der Waals surface area contributed by atoms with E-state index in [9.17, 15) is 22.8 Å². The fourth-order valence-electron chi connectivity index (χ4n) is 2.73. The van der Waals surface area contributed by atoms with Gasteiger partial charge < -0.3 is 10.2 Å². The zero-order valence-electron chi connectivity index (χ0n) is 14.0. The highest BCUT2D eigenvalue weighted by Gasteiger charge is 2.41. The molecule has 25 heavy (non-hydrogen) atoms. The predicted octanol–water partition coefficient (Wildman–Crippen LogP) is 4.34. The predicted molar refractivity (Wildman–Crippen MR) is 89.3 cm³/mol. The van der Waals surface area contributed by atoms with Crippen LogP contribution in [-0.4, -0.2) is 29.8 Å². The van der Waals surface area contributed by atoms with E-state index in [-0.39, 0.29) is 10.9 Å². The van der Waals surface area contributed by atoms with Crippen molar-refractivity contribution in [2.75, 3.05) is 18.4 Å². The summed E-state index contributed by atoms with van der Waals surface area (Å²) in [6.45, 7) is 3.96. The van der Waals surface area contributed by atoms with Crippen LogP contribution in [0.1, 0.15) is 38.7 Å². The Morgan fingerprint density at radius 3 is 2.28 bits per heavy atom. The molecule has 0 spiro atoms. The highest BCUT2D eigenvalue weighted by atomic mass is 35.5. The Kier molecular flexibility index (Phi) is 5.66. The van der Waals surface area contributed by atoms with Gasteiger partial charge in [-0.15, -0.1) is 0 Å². The minimum absolute atomic E-state index is 0.0889. The fraction of sp³-hybridized carbons (Fsp3) is 0.529. The van der Waals surface area contributed by atoms with Crippen LogP contribution in [-0.2, 0) is 15.8 Å². The summed E-state index contributed by atoms with van der Waals surface area (Å²) in [4.78, 5) is 26.7. The number of anilines is 1. The maximum absolute atomic E-state index is 13.1. The Labute approximate surface area is 149 Å². The molecule has 138 valence electrons. The Balaban J connectivity index is 2.22. The zero-order chi connectivity index (χ0) is 18.8. The molecule has 1 heterocycles. The number of amides is 2. The summed E-state index contributed by atoms with van der Waals surface area (Å²) in [6.07, 6.45) is -1.93. The standard InChI is InChI=1S/C17H20ClF3N2O2/c1-16(2,15(25)23-8-4-3-5-9-23)14(24)22-13-7-6-11(18)10-12(13)17(19,20)21/h6-7,10H,3-5,8-9H2,1-2H3,(H,22,24). The molecule has 0 unspecified atom stereocenters. The van der Waals surface area contributed by atoms with Crippen LogP contribution in [0.4, 0.5) is 18.9 Å². The molecule has 1 fully saturated rings. The topological polar surface area (TPSA) is 49.4 Å². The van der Waals surface area contributed by atoms with E-state index in [0.29, 0.717) is 13.1 Å². The number of nitrogens with zero attached hydrogens (tertiary/aromatic N) is 1. The SMILES string of the molecule is CC(C)(C(=O)Nc1ccc(Cl)cc1C(F)(F)F)C(=O)N1CCCCC1. The van der Waals surface area contributed by atoms with Crippen molar-refractivity contribution < 1.29 is 22.8 Å². The molecule has 1 aliphatic heterocycles. The van der Waals surface area contributed by atoms with E-state index in [2.05, 4.69) is 5.32 Å². The second kappa shape index (κ2) is 7.23. The molecule has 0 radical (unpaired) electrons. The van der Waals surface area contributed by atoms with Crippen LogP contribution in [0.15, 0.2) is 18.2 Å². The number of rotatable bonds is 3. The molecule has 0 aromatic heterocycles. The lowest BCUT2D eigenvalue weighted by molar-refractivity contribution is -0.147. The number of benzene rings is 1. The zero-order valence-corrected chi connectivity index (χ0v) is 14.8. The fourth-order valence-corrected chi connectivity index (χ4v) is 2.90. The molecule has 0 bridgehead atoms. The molecule has 0 saturated carbocycles. The second-order valence-electron chi connectivity index (χ2n) is 6.62. The van der Waals surface area contributed by atoms with Gasteiger partial charge in [-0.05, 0) is 51.3 Å². The smallest absolute Gasteiger partial charge is 0.342 e. The summed E-state index contributed by atoms with van der Waals surface area (Å²) in [6, 6.07) is 3.09. The monoisotopic (exact) mass is 376 g/mol. The third-order valence-corrected chi connectivity index (χ3v) is 4.52. The third kappa shape index (κ3) is 4.45. The van der Waals surface area contributed by atoms with Gasteiger partial charge in [0.25, 0.3) is 0 Å². The van der Waals surface area contributed by atoms with Gasteiger partial charge in [0.15, 0.2) is 0 Å². The molecular weight excluding hydrogens is 357 g/mol. The lowest BCUT2D eigenvalue weighted by atomic mass is 9.89. The van der Waals surface area contributed by atoms with Gasteiger partial charge in [-0.3, -0.25) is 9.59 Å². The van der Waals surface area contributed by atoms with Crippen LogP contribution in [0.2, 0.25) is 5.02 Å². The molecular formula is C17H20ClF3N2O2. The van der Waals surface area contributed by atoms with Crippen LogP contribution in [0.5, 0.6) is 0 Å². The van der Waals surface area contributed by atoms with Crippen molar-refractivity contribution in [1.29, 1.82) is 0 Å². The van der Waals surface area contributed by atoms with Crippen molar-refractivity contribution in [1.82, 2.24) is 4.90 Å². The molecule has 1 aromatic carbocycles. The van der Waals surface area contributed by atoms with Gasteiger partial charge in [-0.25, -0.2) is 0 Å². The van der Waals surface area contributed by atoms with E-state index in [4.69, 9.17) is 11.6 Å². The molecule has 4 nitrogen and oxygen atoms in total. The lowest BCUT2D eigenvalue weighted by Crippen LogP contribution is -2.49. The summed E-state index contributed by atoms with van der Waals surface area (Å²) in [5, 5.41) is 2.15. The Bertz CT molecular complexity index is 668. The highest BCUT2D eigenvalue weighted by Crippen LogP contribution is 2.37. The molecule has 8 heteroatoms. The summed E-state index contributed by atoms with van der Waals surface area (Å²) >= 11 is 5.63. The van der Waals surface area contributed by atoms with Gasteiger partial charge in [0, 0.05) is 18.1 Å². The Morgan fingerprint density at radius 1 is 1.12 bits per heavy atom. The van der Waals surface area contributed by atoms with Crippen LogP contribution < -0.4 is 5.32 Å². The van der Waals surface area contributed by atoms with Crippen molar-refractivity contribution in [2.24, 2.45) is 5.41 Å². The number of hydrogen-bond acceptors (Lipinski definition) is 2. The van der Waals surface area contributed by atoms with Gasteiger partial charge in [0.1, 0.15) is 5.41 Å². The van der Waals surface area contributed by atoms with Gasteiger partial charge in [-0.1, -0.05) is 11.6 Å². The first-order chi connectivity index (χ1) is 11.5. The van der Waals surface area contributed by atoms with Crippen LogP contribution in [0.3, 0.4) is 0 Å². The van der Waals surface area contributed by atoms with Crippen LogP contribution >= 0.6 is 11.6 Å². The summed E-state index contributed by atoms with van der Waals surface area (Å²) < 4.78 is 39.4. The van der Waals surface area contributed by atoms with Crippen molar-refractivity contribution in [3.63, 3.8) is 0 Å². The lowest BCUT2D eigenvalue weighted by Gasteiger charge is -2.33. The summed E-state index contributed by atoms with van der Waals surface area (Å²) in [7, 11) is 0. The van der Waals surface area contributed by atoms with Gasteiger partial charge >= 0.3 is 6.18 Å². The number of piperidine rings is 1. The molecule has 2 amide bonds. The second-order valence-corrected chi connectivity index (χ2v) is 7.06. The van der Waals surface area contributed by atoms with Gasteiger partial charge in [0.2, 0.25) is 11.8 Å². The highest BCUT2D eigenvalue weighted by molar-refractivity contribution is 6.30. The first-order valence-electron chi connectivity index (χ1n) is 8.01.